The molecule has 2 aromatic carbocycles. The first-order valence-electron chi connectivity index (χ1n) is 6.44. The van der Waals surface area contributed by atoms with Crippen molar-refractivity contribution in [3.63, 3.8) is 0 Å². The van der Waals surface area contributed by atoms with Crippen molar-refractivity contribution in [2.75, 3.05) is 0 Å². The number of diazo groups is 1. The smallest absolute Gasteiger partial charge is 0.418 e. The van der Waals surface area contributed by atoms with E-state index in [-0.39, 0.29) is 30.2 Å². The lowest BCUT2D eigenvalue weighted by Gasteiger charge is -2.00. The number of benzene rings is 2. The first kappa shape index (κ1) is 27.4. The lowest BCUT2D eigenvalue weighted by atomic mass is 10.2. The molecule has 0 saturated carbocycles. The highest BCUT2D eigenvalue weighted by atomic mass is 79.9. The van der Waals surface area contributed by atoms with Gasteiger partial charge < -0.3 is 17.3 Å². The van der Waals surface area contributed by atoms with Crippen molar-refractivity contribution in [2.24, 2.45) is 0 Å². The molecule has 0 aliphatic heterocycles. The van der Waals surface area contributed by atoms with Crippen molar-refractivity contribution in [3.8, 4) is 6.07 Å². The van der Waals surface area contributed by atoms with Crippen molar-refractivity contribution in [1.82, 2.24) is 0 Å². The van der Waals surface area contributed by atoms with Crippen LogP contribution in [0.3, 0.4) is 0 Å². The molecule has 29 heavy (non-hydrogen) atoms. The van der Waals surface area contributed by atoms with E-state index in [2.05, 4.69) is 36.8 Å². The molecule has 2 aromatic rings. The lowest BCUT2D eigenvalue weighted by Crippen LogP contribution is -2.02. The fourth-order valence-corrected chi connectivity index (χ4v) is 2.44. The van der Waals surface area contributed by atoms with Gasteiger partial charge in [0.1, 0.15) is 6.07 Å². The summed E-state index contributed by atoms with van der Waals surface area (Å²) in [6.45, 7) is 0. The largest absolute Gasteiger partial charge is 0.673 e. The Morgan fingerprint density at radius 1 is 0.862 bits per heavy atom. The van der Waals surface area contributed by atoms with Gasteiger partial charge in [0.25, 0.3) is 0 Å². The van der Waals surface area contributed by atoms with E-state index in [0.717, 1.165) is 6.07 Å². The maximum atomic E-state index is 12.7. The Hall–Kier alpha value is -1.61. The maximum Gasteiger partial charge on any atom is 0.673 e. The number of halogens is 12. The Morgan fingerprint density at radius 2 is 1.24 bits per heavy atom. The van der Waals surface area contributed by atoms with Gasteiger partial charge in [-0.15, -0.1) is 0 Å². The Labute approximate surface area is 184 Å². The number of nitriles is 1. The topological polar surface area (TPSA) is 51.9 Å². The van der Waals surface area contributed by atoms with Crippen LogP contribution in [0.5, 0.6) is 0 Å². The van der Waals surface area contributed by atoms with Crippen LogP contribution in [0.15, 0.2) is 21.1 Å². The van der Waals surface area contributed by atoms with E-state index in [4.69, 9.17) is 33.9 Å². The molecule has 0 aromatic heterocycles. The highest BCUT2D eigenvalue weighted by Crippen LogP contribution is 2.35. The van der Waals surface area contributed by atoms with Crippen LogP contribution >= 0.6 is 55.1 Å². The van der Waals surface area contributed by atoms with Gasteiger partial charge in [-0.3, -0.25) is 0 Å². The minimum absolute atomic E-state index is 0.0950. The van der Waals surface area contributed by atoms with Crippen LogP contribution < -0.4 is 0 Å². The van der Waals surface area contributed by atoms with Gasteiger partial charge in [0.15, 0.2) is 33.3 Å². The van der Waals surface area contributed by atoms with Gasteiger partial charge in [-0.05, 0) is 37.9 Å². The van der Waals surface area contributed by atoms with Gasteiger partial charge in [0.2, 0.25) is 5.39 Å². The van der Waals surface area contributed by atoms with Crippen LogP contribution in [0.25, 0.3) is 4.98 Å². The summed E-state index contributed by atoms with van der Waals surface area (Å²) in [6, 6.07) is 3.08. The summed E-state index contributed by atoms with van der Waals surface area (Å²) in [6.07, 6.45) is 0. The molecular weight excluding hydrogens is 592 g/mol. The second kappa shape index (κ2) is 11.5. The average Bonchev–Trinajstić information content (AvgIpc) is 2.63. The molecule has 156 valence electrons. The quantitative estimate of drug-likeness (QED) is 0.101. The molecule has 0 atom stereocenters. The van der Waals surface area contributed by atoms with Crippen LogP contribution in [-0.2, 0) is 0 Å². The van der Waals surface area contributed by atoms with E-state index >= 15 is 0 Å². The van der Waals surface area contributed by atoms with E-state index in [1.54, 1.807) is 6.07 Å². The molecular formula is C13H2BBr2Cl2F8N3. The third kappa shape index (κ3) is 8.74. The highest BCUT2D eigenvalue weighted by Gasteiger charge is 2.22. The number of hydrogen-bond acceptors (Lipinski definition) is 2. The minimum Gasteiger partial charge on any atom is -0.418 e. The summed E-state index contributed by atoms with van der Waals surface area (Å²) in [5.41, 5.74) is -0.315. The summed E-state index contributed by atoms with van der Waals surface area (Å²) < 4.78 is 89.1. The predicted molar refractivity (Wildman–Crippen MR) is 97.8 cm³/mol. The van der Waals surface area contributed by atoms with Crippen LogP contribution in [0.4, 0.5) is 40.5 Å². The van der Waals surface area contributed by atoms with Crippen LogP contribution in [0, 0.1) is 40.0 Å². The highest BCUT2D eigenvalue weighted by molar-refractivity contribution is 9.10. The van der Waals surface area contributed by atoms with Gasteiger partial charge >= 0.3 is 12.9 Å². The molecule has 0 heterocycles. The number of nitrogens with zero attached hydrogens (tertiary/aromatic N) is 3. The first-order chi connectivity index (χ1) is 13.1. The van der Waals surface area contributed by atoms with Crippen molar-refractivity contribution in [3.05, 3.63) is 64.9 Å². The van der Waals surface area contributed by atoms with E-state index in [1.807, 2.05) is 0 Å². The minimum atomic E-state index is -6.00. The summed E-state index contributed by atoms with van der Waals surface area (Å²) in [4.78, 5) is 2.66. The van der Waals surface area contributed by atoms with Crippen LogP contribution in [-0.4, -0.2) is 7.25 Å². The third-order valence-corrected chi connectivity index (χ3v) is 5.14. The van der Waals surface area contributed by atoms with Crippen LogP contribution in [0.1, 0.15) is 5.56 Å². The Kier molecular flexibility index (Phi) is 10.9. The fraction of sp³-hybridized carbons (Fsp3) is 0. The van der Waals surface area contributed by atoms with Crippen molar-refractivity contribution in [2.45, 2.75) is 0 Å². The Morgan fingerprint density at radius 3 is 1.62 bits per heavy atom. The standard InChI is InChI=1S/C7HBrClF2N.C6HBrClF2N2.BF4/c8-5-6(9)3(2-12)1-4(10)7(5)11;7-4-5(8)3(12-11)1-2(9)6(4)10;2-1(3,4)5/h2*1H;/q;+1;-1. The summed E-state index contributed by atoms with van der Waals surface area (Å²) >= 11 is 16.4. The zero-order valence-electron chi connectivity index (χ0n) is 13.1. The van der Waals surface area contributed by atoms with Gasteiger partial charge in [-0.25, -0.2) is 17.6 Å². The summed E-state index contributed by atoms with van der Waals surface area (Å²) in [5.74, 6) is -4.41. The van der Waals surface area contributed by atoms with E-state index < -0.39 is 30.5 Å². The van der Waals surface area contributed by atoms with Crippen LogP contribution in [0.2, 0.25) is 10.0 Å². The molecule has 2 rings (SSSR count). The van der Waals surface area contributed by atoms with Gasteiger partial charge in [0.05, 0.1) is 25.6 Å². The number of hydrogen-bond donors (Lipinski definition) is 0. The van der Waals surface area contributed by atoms with Gasteiger partial charge in [-0.1, -0.05) is 23.2 Å². The van der Waals surface area contributed by atoms with Crippen molar-refractivity contribution in [1.29, 1.82) is 10.7 Å². The molecule has 0 spiro atoms. The molecule has 0 aliphatic carbocycles. The molecule has 0 aliphatic rings. The van der Waals surface area contributed by atoms with Crippen molar-refractivity contribution < 1.29 is 34.8 Å². The fourth-order valence-electron chi connectivity index (χ4n) is 1.29. The summed E-state index contributed by atoms with van der Waals surface area (Å²) in [5, 5.41) is 16.4. The molecule has 0 unspecified atom stereocenters. The molecule has 0 fully saturated rings. The molecule has 16 heteroatoms. The van der Waals surface area contributed by atoms with E-state index in [9.17, 15) is 34.8 Å². The second-order valence-corrected chi connectivity index (χ2v) is 6.72. The monoisotopic (exact) mass is 591 g/mol. The summed E-state index contributed by atoms with van der Waals surface area (Å²) in [7, 11) is -6.00. The average molecular weight is 594 g/mol. The third-order valence-electron chi connectivity index (χ3n) is 2.41. The molecule has 3 nitrogen and oxygen atoms in total. The Bertz CT molecular complexity index is 913. The maximum absolute atomic E-state index is 12.7. The molecule has 0 saturated heterocycles. The predicted octanol–water partition coefficient (Wildman–Crippen LogP) is 8.42. The van der Waals surface area contributed by atoms with Gasteiger partial charge in [0, 0.05) is 0 Å². The Balaban J connectivity index is 0.000000442. The SMILES string of the molecule is F[B-](F)(F)F.N#Cc1cc(F)c(F)c(Br)c1Cl.N#[N+]c1cc(F)c(F)c(Br)c1Cl. The number of rotatable bonds is 0. The van der Waals surface area contributed by atoms with Crippen molar-refractivity contribution >= 4 is 68.0 Å². The normalized spacial score (nSPS) is 10.0. The lowest BCUT2D eigenvalue weighted by molar-refractivity contribution is 0.368. The molecule has 0 radical (unpaired) electrons. The van der Waals surface area contributed by atoms with E-state index in [1.165, 1.54) is 0 Å². The zero-order valence-corrected chi connectivity index (χ0v) is 17.8. The van der Waals surface area contributed by atoms with E-state index in [0.29, 0.717) is 6.07 Å². The molecule has 0 amide bonds. The first-order valence-corrected chi connectivity index (χ1v) is 8.78. The van der Waals surface area contributed by atoms with Gasteiger partial charge in [-0.2, -0.15) is 5.26 Å². The second-order valence-electron chi connectivity index (χ2n) is 4.37. The molecule has 0 N–H and O–H groups in total. The molecule has 0 bridgehead atoms. The zero-order chi connectivity index (χ0) is 23.1.